The van der Waals surface area contributed by atoms with Gasteiger partial charge in [-0.15, -0.1) is 0 Å². The van der Waals surface area contributed by atoms with Gasteiger partial charge in [-0.05, 0) is 36.1 Å². The van der Waals surface area contributed by atoms with Gasteiger partial charge in [0.15, 0.2) is 0 Å². The number of rotatable bonds is 4. The maximum absolute atomic E-state index is 4.95. The van der Waals surface area contributed by atoms with Gasteiger partial charge in [0.2, 0.25) is 5.95 Å². The third-order valence-electron chi connectivity index (χ3n) is 5.93. The summed E-state index contributed by atoms with van der Waals surface area (Å²) in [6, 6.07) is 21.4. The van der Waals surface area contributed by atoms with Crippen molar-refractivity contribution in [2.75, 3.05) is 42.5 Å². The molecule has 0 radical (unpaired) electrons. The molecule has 1 fully saturated rings. The lowest BCUT2D eigenvalue weighted by atomic mass is 10.0. The number of aromatic nitrogens is 2. The van der Waals surface area contributed by atoms with Crippen LogP contribution in [-0.4, -0.2) is 47.6 Å². The van der Waals surface area contributed by atoms with Gasteiger partial charge >= 0.3 is 0 Å². The summed E-state index contributed by atoms with van der Waals surface area (Å²) in [5.74, 6) is 1.86. The molecule has 0 amide bonds. The fourth-order valence-corrected chi connectivity index (χ4v) is 4.36. The van der Waals surface area contributed by atoms with E-state index in [2.05, 4.69) is 74.3 Å². The van der Waals surface area contributed by atoms with E-state index in [1.165, 1.54) is 16.8 Å². The summed E-state index contributed by atoms with van der Waals surface area (Å²) in [5.41, 5.74) is 4.03. The Morgan fingerprint density at radius 1 is 0.793 bits per heavy atom. The summed E-state index contributed by atoms with van der Waals surface area (Å²) in [6.45, 7) is 6.11. The van der Waals surface area contributed by atoms with Crippen LogP contribution in [0.2, 0.25) is 0 Å². The predicted octanol–water partition coefficient (Wildman–Crippen LogP) is 3.88. The average Bonchev–Trinajstić information content (AvgIpc) is 2.80. The van der Waals surface area contributed by atoms with Gasteiger partial charge in [-0.2, -0.15) is 4.98 Å². The molecule has 1 aromatic heterocycles. The van der Waals surface area contributed by atoms with Crippen molar-refractivity contribution >= 4 is 17.5 Å². The van der Waals surface area contributed by atoms with Gasteiger partial charge in [-0.1, -0.05) is 48.5 Å². The molecule has 5 nitrogen and oxygen atoms in total. The van der Waals surface area contributed by atoms with E-state index in [1.807, 2.05) is 12.3 Å². The van der Waals surface area contributed by atoms with Crippen molar-refractivity contribution < 1.29 is 0 Å². The van der Waals surface area contributed by atoms with Crippen LogP contribution >= 0.6 is 0 Å². The lowest BCUT2D eigenvalue weighted by Gasteiger charge is -2.36. The predicted molar refractivity (Wildman–Crippen MR) is 118 cm³/mol. The highest BCUT2D eigenvalue weighted by molar-refractivity contribution is 5.64. The third kappa shape index (κ3) is 3.96. The van der Waals surface area contributed by atoms with Gasteiger partial charge in [0.25, 0.3) is 0 Å². The average molecular weight is 386 g/mol. The monoisotopic (exact) mass is 385 g/mol. The summed E-state index contributed by atoms with van der Waals surface area (Å²) >= 11 is 0. The molecule has 0 saturated carbocycles. The van der Waals surface area contributed by atoms with Crippen molar-refractivity contribution in [1.82, 2.24) is 14.9 Å². The Morgan fingerprint density at radius 2 is 1.59 bits per heavy atom. The minimum atomic E-state index is 0.821. The first kappa shape index (κ1) is 18.1. The molecule has 3 heterocycles. The molecule has 2 aromatic carbocycles. The Bertz CT molecular complexity index is 950. The Balaban J connectivity index is 1.28. The van der Waals surface area contributed by atoms with Crippen LogP contribution in [0.1, 0.15) is 17.5 Å². The molecule has 5 heteroatoms. The fraction of sp³-hybridized carbons (Fsp3) is 0.333. The first-order chi connectivity index (χ1) is 14.4. The number of fused-ring (bicyclic) bond motifs is 1. The fourth-order valence-electron chi connectivity index (χ4n) is 4.36. The molecule has 0 aliphatic carbocycles. The van der Waals surface area contributed by atoms with Gasteiger partial charge in [0.05, 0.1) is 0 Å². The lowest BCUT2D eigenvalue weighted by Crippen LogP contribution is -2.46. The second-order valence-corrected chi connectivity index (χ2v) is 7.85. The van der Waals surface area contributed by atoms with E-state index in [0.717, 1.165) is 63.9 Å². The van der Waals surface area contributed by atoms with Crippen molar-refractivity contribution in [2.24, 2.45) is 0 Å². The van der Waals surface area contributed by atoms with E-state index in [9.17, 15) is 0 Å². The Hall–Kier alpha value is -2.92. The van der Waals surface area contributed by atoms with E-state index in [1.54, 1.807) is 0 Å². The SMILES string of the molecule is c1ccc(CN2CCN(c3ccnc(N4CCCc5ccccc54)n3)CC2)cc1. The zero-order valence-electron chi connectivity index (χ0n) is 16.7. The molecule has 0 unspecified atom stereocenters. The van der Waals surface area contributed by atoms with E-state index < -0.39 is 0 Å². The smallest absolute Gasteiger partial charge is 0.231 e. The lowest BCUT2D eigenvalue weighted by molar-refractivity contribution is 0.249. The number of hydrogen-bond donors (Lipinski definition) is 0. The highest BCUT2D eigenvalue weighted by Gasteiger charge is 2.22. The number of para-hydroxylation sites is 1. The first-order valence-corrected chi connectivity index (χ1v) is 10.6. The van der Waals surface area contributed by atoms with Gasteiger partial charge in [-0.25, -0.2) is 4.98 Å². The van der Waals surface area contributed by atoms with Gasteiger partial charge in [0, 0.05) is 51.2 Å². The number of nitrogens with zero attached hydrogens (tertiary/aromatic N) is 5. The molecular formula is C24H27N5. The molecule has 148 valence electrons. The molecule has 3 aromatic rings. The summed E-state index contributed by atoms with van der Waals surface area (Å²) in [7, 11) is 0. The third-order valence-corrected chi connectivity index (χ3v) is 5.93. The Kier molecular flexibility index (Phi) is 5.13. The van der Waals surface area contributed by atoms with Crippen LogP contribution in [-0.2, 0) is 13.0 Å². The maximum Gasteiger partial charge on any atom is 0.231 e. The van der Waals surface area contributed by atoms with Crippen molar-refractivity contribution in [2.45, 2.75) is 19.4 Å². The molecule has 29 heavy (non-hydrogen) atoms. The molecule has 1 saturated heterocycles. The van der Waals surface area contributed by atoms with Crippen LogP contribution in [0.4, 0.5) is 17.5 Å². The van der Waals surface area contributed by atoms with Gasteiger partial charge in [0.1, 0.15) is 5.82 Å². The van der Waals surface area contributed by atoms with E-state index in [4.69, 9.17) is 4.98 Å². The largest absolute Gasteiger partial charge is 0.354 e. The van der Waals surface area contributed by atoms with Crippen LogP contribution in [0, 0.1) is 0 Å². The number of anilines is 3. The minimum Gasteiger partial charge on any atom is -0.354 e. The zero-order chi connectivity index (χ0) is 19.5. The Labute approximate surface area is 172 Å². The van der Waals surface area contributed by atoms with Crippen molar-refractivity contribution in [3.63, 3.8) is 0 Å². The molecule has 0 N–H and O–H groups in total. The molecule has 0 spiro atoms. The van der Waals surface area contributed by atoms with Crippen LogP contribution < -0.4 is 9.80 Å². The number of hydrogen-bond acceptors (Lipinski definition) is 5. The van der Waals surface area contributed by atoms with Crippen LogP contribution in [0.3, 0.4) is 0 Å². The van der Waals surface area contributed by atoms with Gasteiger partial charge in [-0.3, -0.25) is 4.90 Å². The number of benzene rings is 2. The highest BCUT2D eigenvalue weighted by atomic mass is 15.3. The van der Waals surface area contributed by atoms with Crippen molar-refractivity contribution in [1.29, 1.82) is 0 Å². The second-order valence-electron chi connectivity index (χ2n) is 7.85. The second kappa shape index (κ2) is 8.21. The number of piperazine rings is 1. The van der Waals surface area contributed by atoms with E-state index >= 15 is 0 Å². The molecule has 0 atom stereocenters. The van der Waals surface area contributed by atoms with E-state index in [-0.39, 0.29) is 0 Å². The summed E-state index contributed by atoms with van der Waals surface area (Å²) < 4.78 is 0. The molecule has 2 aliphatic rings. The first-order valence-electron chi connectivity index (χ1n) is 10.6. The zero-order valence-corrected chi connectivity index (χ0v) is 16.7. The normalized spacial score (nSPS) is 17.2. The van der Waals surface area contributed by atoms with Crippen LogP contribution in [0.25, 0.3) is 0 Å². The maximum atomic E-state index is 4.95. The molecule has 5 rings (SSSR count). The van der Waals surface area contributed by atoms with Crippen LogP contribution in [0.15, 0.2) is 66.9 Å². The topological polar surface area (TPSA) is 35.5 Å². The molecular weight excluding hydrogens is 358 g/mol. The van der Waals surface area contributed by atoms with E-state index in [0.29, 0.717) is 0 Å². The summed E-state index contributed by atoms with van der Waals surface area (Å²) in [4.78, 5) is 16.7. The van der Waals surface area contributed by atoms with Crippen LogP contribution in [0.5, 0.6) is 0 Å². The van der Waals surface area contributed by atoms with Gasteiger partial charge < -0.3 is 9.80 Å². The standard InChI is InChI=1S/C24H27N5/c1-2-7-20(8-3-1)19-27-15-17-28(18-16-27)23-12-13-25-24(26-23)29-14-6-10-21-9-4-5-11-22(21)29/h1-5,7-9,11-13H,6,10,14-19H2. The minimum absolute atomic E-state index is 0.821. The highest BCUT2D eigenvalue weighted by Crippen LogP contribution is 2.32. The summed E-state index contributed by atoms with van der Waals surface area (Å²) in [6.07, 6.45) is 4.18. The van der Waals surface area contributed by atoms with Crippen molar-refractivity contribution in [3.05, 3.63) is 78.0 Å². The number of aryl methyl sites for hydroxylation is 1. The molecule has 0 bridgehead atoms. The van der Waals surface area contributed by atoms with Crippen molar-refractivity contribution in [3.8, 4) is 0 Å². The summed E-state index contributed by atoms with van der Waals surface area (Å²) in [5, 5.41) is 0. The quantitative estimate of drug-likeness (QED) is 0.681. The molecule has 2 aliphatic heterocycles. The Morgan fingerprint density at radius 3 is 2.45 bits per heavy atom.